The SMILES string of the molecule is CCOC(=O)c1csc(CCNC(=O)CNc2cccnc2)n1. The first kappa shape index (κ1) is 16.9. The zero-order valence-corrected chi connectivity index (χ0v) is 13.6. The van der Waals surface area contributed by atoms with E-state index in [9.17, 15) is 9.59 Å². The lowest BCUT2D eigenvalue weighted by Gasteiger charge is -2.06. The molecule has 0 aliphatic rings. The maximum Gasteiger partial charge on any atom is 0.357 e. The van der Waals surface area contributed by atoms with Crippen LogP contribution in [0.5, 0.6) is 0 Å². The van der Waals surface area contributed by atoms with Crippen molar-refractivity contribution in [2.24, 2.45) is 0 Å². The van der Waals surface area contributed by atoms with Gasteiger partial charge in [0.05, 0.1) is 23.8 Å². The molecule has 0 aliphatic carbocycles. The monoisotopic (exact) mass is 334 g/mol. The number of ether oxygens (including phenoxy) is 1. The van der Waals surface area contributed by atoms with Gasteiger partial charge in [0, 0.05) is 30.7 Å². The normalized spacial score (nSPS) is 10.1. The Hall–Kier alpha value is -2.48. The number of hydrogen-bond acceptors (Lipinski definition) is 7. The number of aromatic nitrogens is 2. The van der Waals surface area contributed by atoms with Gasteiger partial charge in [0.2, 0.25) is 5.91 Å². The number of nitrogens with one attached hydrogen (secondary N) is 2. The fourth-order valence-electron chi connectivity index (χ4n) is 1.75. The van der Waals surface area contributed by atoms with Gasteiger partial charge >= 0.3 is 5.97 Å². The van der Waals surface area contributed by atoms with E-state index in [1.54, 1.807) is 30.8 Å². The van der Waals surface area contributed by atoms with E-state index in [1.165, 1.54) is 11.3 Å². The van der Waals surface area contributed by atoms with Gasteiger partial charge in [-0.25, -0.2) is 9.78 Å². The van der Waals surface area contributed by atoms with E-state index in [-0.39, 0.29) is 12.5 Å². The minimum atomic E-state index is -0.417. The van der Waals surface area contributed by atoms with Crippen molar-refractivity contribution < 1.29 is 14.3 Å². The molecule has 0 spiro atoms. The summed E-state index contributed by atoms with van der Waals surface area (Å²) in [5, 5.41) is 8.22. The Kier molecular flexibility index (Phi) is 6.49. The van der Waals surface area contributed by atoms with Gasteiger partial charge < -0.3 is 15.4 Å². The number of nitrogens with zero attached hydrogens (tertiary/aromatic N) is 2. The third-order valence-corrected chi connectivity index (χ3v) is 3.72. The van der Waals surface area contributed by atoms with Crippen LogP contribution in [0.4, 0.5) is 5.69 Å². The van der Waals surface area contributed by atoms with Crippen LogP contribution in [-0.4, -0.2) is 41.5 Å². The Bertz CT molecular complexity index is 645. The van der Waals surface area contributed by atoms with Crippen LogP contribution in [0.2, 0.25) is 0 Å². The first-order valence-corrected chi connectivity index (χ1v) is 8.09. The van der Waals surface area contributed by atoms with Gasteiger partial charge in [-0.2, -0.15) is 0 Å². The lowest BCUT2D eigenvalue weighted by molar-refractivity contribution is -0.119. The van der Waals surface area contributed by atoms with Crippen LogP contribution in [-0.2, 0) is 16.0 Å². The summed E-state index contributed by atoms with van der Waals surface area (Å²) in [4.78, 5) is 31.4. The summed E-state index contributed by atoms with van der Waals surface area (Å²) in [6.07, 6.45) is 3.90. The molecule has 2 heterocycles. The number of amides is 1. The maximum atomic E-state index is 11.7. The molecule has 122 valence electrons. The largest absolute Gasteiger partial charge is 0.461 e. The van der Waals surface area contributed by atoms with Gasteiger partial charge in [0.1, 0.15) is 0 Å². The minimum absolute atomic E-state index is 0.115. The van der Waals surface area contributed by atoms with E-state index < -0.39 is 5.97 Å². The van der Waals surface area contributed by atoms with Gasteiger partial charge in [-0.3, -0.25) is 9.78 Å². The highest BCUT2D eigenvalue weighted by molar-refractivity contribution is 7.09. The molecule has 0 radical (unpaired) electrons. The van der Waals surface area contributed by atoms with Crippen molar-refractivity contribution in [2.45, 2.75) is 13.3 Å². The molecule has 2 aromatic rings. The van der Waals surface area contributed by atoms with Crippen molar-refractivity contribution in [3.8, 4) is 0 Å². The van der Waals surface area contributed by atoms with Crippen LogP contribution >= 0.6 is 11.3 Å². The lowest BCUT2D eigenvalue weighted by atomic mass is 10.4. The summed E-state index contributed by atoms with van der Waals surface area (Å²) in [7, 11) is 0. The molecule has 0 bridgehead atoms. The van der Waals surface area contributed by atoms with Gasteiger partial charge in [0.15, 0.2) is 5.69 Å². The Morgan fingerprint density at radius 1 is 1.39 bits per heavy atom. The van der Waals surface area contributed by atoms with Crippen LogP contribution in [0.25, 0.3) is 0 Å². The molecule has 2 aromatic heterocycles. The first-order valence-electron chi connectivity index (χ1n) is 7.21. The second-order valence-electron chi connectivity index (χ2n) is 4.54. The minimum Gasteiger partial charge on any atom is -0.461 e. The molecular formula is C15H18N4O3S. The summed E-state index contributed by atoms with van der Waals surface area (Å²) in [6, 6.07) is 3.64. The van der Waals surface area contributed by atoms with Crippen molar-refractivity contribution in [1.82, 2.24) is 15.3 Å². The summed E-state index contributed by atoms with van der Waals surface area (Å²) < 4.78 is 4.88. The third-order valence-electron chi connectivity index (χ3n) is 2.81. The maximum absolute atomic E-state index is 11.7. The van der Waals surface area contributed by atoms with E-state index in [0.717, 1.165) is 10.7 Å². The van der Waals surface area contributed by atoms with Crippen molar-refractivity contribution in [3.63, 3.8) is 0 Å². The Balaban J connectivity index is 1.68. The molecule has 0 saturated carbocycles. The van der Waals surface area contributed by atoms with Gasteiger partial charge in [-0.15, -0.1) is 11.3 Å². The lowest BCUT2D eigenvalue weighted by Crippen LogP contribution is -2.31. The number of hydrogen-bond donors (Lipinski definition) is 2. The molecule has 0 atom stereocenters. The van der Waals surface area contributed by atoms with Crippen molar-refractivity contribution in [1.29, 1.82) is 0 Å². The van der Waals surface area contributed by atoms with Gasteiger partial charge in [-0.05, 0) is 19.1 Å². The fourth-order valence-corrected chi connectivity index (χ4v) is 2.51. The van der Waals surface area contributed by atoms with Crippen molar-refractivity contribution in [2.75, 3.05) is 25.0 Å². The zero-order valence-electron chi connectivity index (χ0n) is 12.7. The second-order valence-corrected chi connectivity index (χ2v) is 5.48. The summed E-state index contributed by atoms with van der Waals surface area (Å²) >= 11 is 1.38. The highest BCUT2D eigenvalue weighted by Gasteiger charge is 2.11. The standard InChI is InChI=1S/C15H18N4O3S/c1-2-22-15(21)12-10-23-14(19-12)5-7-17-13(20)9-18-11-4-3-6-16-8-11/h3-4,6,8,10,18H,2,5,7,9H2,1H3,(H,17,20). The third kappa shape index (κ3) is 5.67. The number of carbonyl (C=O) groups is 2. The number of esters is 1. The van der Waals surface area contributed by atoms with Crippen LogP contribution in [0, 0.1) is 0 Å². The molecule has 2 rings (SSSR count). The molecular weight excluding hydrogens is 316 g/mol. The van der Waals surface area contributed by atoms with Crippen LogP contribution in [0.1, 0.15) is 22.4 Å². The smallest absolute Gasteiger partial charge is 0.357 e. The predicted molar refractivity (Wildman–Crippen MR) is 87.5 cm³/mol. The number of pyridine rings is 1. The topological polar surface area (TPSA) is 93.2 Å². The Morgan fingerprint density at radius 2 is 2.26 bits per heavy atom. The quantitative estimate of drug-likeness (QED) is 0.711. The predicted octanol–water partition coefficient (Wildman–Crippen LogP) is 1.49. The molecule has 0 fully saturated rings. The van der Waals surface area contributed by atoms with Crippen molar-refractivity contribution >= 4 is 28.9 Å². The zero-order chi connectivity index (χ0) is 16.5. The van der Waals surface area contributed by atoms with E-state index in [0.29, 0.717) is 25.3 Å². The number of carbonyl (C=O) groups excluding carboxylic acids is 2. The molecule has 0 aromatic carbocycles. The van der Waals surface area contributed by atoms with Gasteiger partial charge in [0.25, 0.3) is 0 Å². The number of rotatable bonds is 8. The molecule has 1 amide bonds. The second kappa shape index (κ2) is 8.84. The summed E-state index contributed by atoms with van der Waals surface area (Å²) in [5.74, 6) is -0.532. The molecule has 0 unspecified atom stereocenters. The molecule has 0 saturated heterocycles. The molecule has 7 nitrogen and oxygen atoms in total. The fraction of sp³-hybridized carbons (Fsp3) is 0.333. The van der Waals surface area contributed by atoms with Crippen LogP contribution < -0.4 is 10.6 Å². The highest BCUT2D eigenvalue weighted by atomic mass is 32.1. The molecule has 8 heteroatoms. The number of thiazole rings is 1. The first-order chi connectivity index (χ1) is 11.2. The number of anilines is 1. The van der Waals surface area contributed by atoms with Crippen LogP contribution in [0.15, 0.2) is 29.9 Å². The average molecular weight is 334 g/mol. The highest BCUT2D eigenvalue weighted by Crippen LogP contribution is 2.11. The van der Waals surface area contributed by atoms with E-state index in [4.69, 9.17) is 4.74 Å². The van der Waals surface area contributed by atoms with Gasteiger partial charge in [-0.1, -0.05) is 0 Å². The van der Waals surface area contributed by atoms with Crippen LogP contribution in [0.3, 0.4) is 0 Å². The van der Waals surface area contributed by atoms with E-state index in [2.05, 4.69) is 20.6 Å². The van der Waals surface area contributed by atoms with E-state index in [1.807, 2.05) is 6.07 Å². The average Bonchev–Trinajstić information content (AvgIpc) is 3.03. The molecule has 23 heavy (non-hydrogen) atoms. The molecule has 0 aliphatic heterocycles. The summed E-state index contributed by atoms with van der Waals surface area (Å²) in [5.41, 5.74) is 1.11. The van der Waals surface area contributed by atoms with Crippen molar-refractivity contribution in [3.05, 3.63) is 40.6 Å². The summed E-state index contributed by atoms with van der Waals surface area (Å²) in [6.45, 7) is 2.72. The Morgan fingerprint density at radius 3 is 3.00 bits per heavy atom. The van der Waals surface area contributed by atoms with E-state index >= 15 is 0 Å². The Labute approximate surface area is 138 Å². The molecule has 2 N–H and O–H groups in total.